The monoisotopic (exact) mass is 236 g/mol. The van der Waals surface area contributed by atoms with E-state index < -0.39 is 0 Å². The molecule has 0 amide bonds. The van der Waals surface area contributed by atoms with Crippen LogP contribution in [-0.4, -0.2) is 36.1 Å². The summed E-state index contributed by atoms with van der Waals surface area (Å²) in [5.74, 6) is 1.95. The maximum atomic E-state index is 3.85. The molecule has 0 aromatic carbocycles. The van der Waals surface area contributed by atoms with E-state index in [0.717, 1.165) is 30.0 Å². The Morgan fingerprint density at radius 1 is 1.06 bits per heavy atom. The van der Waals surface area contributed by atoms with Gasteiger partial charge in [0.05, 0.1) is 0 Å². The Balaban J connectivity index is 1.41. The Hall–Kier alpha value is -0.0800. The minimum Gasteiger partial charge on any atom is -0.312 e. The highest BCUT2D eigenvalue weighted by Crippen LogP contribution is 2.34. The van der Waals surface area contributed by atoms with E-state index in [9.17, 15) is 0 Å². The van der Waals surface area contributed by atoms with Crippen LogP contribution in [-0.2, 0) is 0 Å². The van der Waals surface area contributed by atoms with E-state index in [-0.39, 0.29) is 0 Å². The molecule has 2 aliphatic carbocycles. The minimum absolute atomic E-state index is 0.779. The lowest BCUT2D eigenvalue weighted by Gasteiger charge is -2.20. The van der Waals surface area contributed by atoms with E-state index in [1.54, 1.807) is 0 Å². The molecule has 1 N–H and O–H groups in total. The third-order valence-electron chi connectivity index (χ3n) is 5.14. The van der Waals surface area contributed by atoms with E-state index in [4.69, 9.17) is 0 Å². The summed E-state index contributed by atoms with van der Waals surface area (Å²) in [5, 5.41) is 3.85. The molecule has 2 nitrogen and oxygen atoms in total. The first-order valence-corrected chi connectivity index (χ1v) is 7.71. The second-order valence-corrected chi connectivity index (χ2v) is 6.90. The predicted molar refractivity (Wildman–Crippen MR) is 72.1 cm³/mol. The van der Waals surface area contributed by atoms with Gasteiger partial charge in [-0.25, -0.2) is 0 Å². The van der Waals surface area contributed by atoms with Crippen LogP contribution in [0.5, 0.6) is 0 Å². The molecule has 4 unspecified atom stereocenters. The van der Waals surface area contributed by atoms with Gasteiger partial charge in [-0.1, -0.05) is 13.3 Å². The molecule has 17 heavy (non-hydrogen) atoms. The van der Waals surface area contributed by atoms with E-state index in [1.807, 2.05) is 0 Å². The average molecular weight is 236 g/mol. The Bertz CT molecular complexity index is 262. The zero-order chi connectivity index (χ0) is 11.8. The zero-order valence-corrected chi connectivity index (χ0v) is 11.5. The van der Waals surface area contributed by atoms with Gasteiger partial charge >= 0.3 is 0 Å². The van der Waals surface area contributed by atoms with Crippen LogP contribution in [0.3, 0.4) is 0 Å². The van der Waals surface area contributed by atoms with Crippen molar-refractivity contribution >= 4 is 0 Å². The summed E-state index contributed by atoms with van der Waals surface area (Å²) in [6.07, 6.45) is 8.67. The van der Waals surface area contributed by atoms with Crippen LogP contribution in [0, 0.1) is 11.8 Å². The van der Waals surface area contributed by atoms with Crippen LogP contribution in [0.25, 0.3) is 0 Å². The van der Waals surface area contributed by atoms with Gasteiger partial charge in [0.25, 0.3) is 0 Å². The van der Waals surface area contributed by atoms with E-state index >= 15 is 0 Å². The van der Waals surface area contributed by atoms with Crippen molar-refractivity contribution in [1.82, 2.24) is 10.2 Å². The molecule has 2 heteroatoms. The summed E-state index contributed by atoms with van der Waals surface area (Å²) in [5.41, 5.74) is 0. The summed E-state index contributed by atoms with van der Waals surface area (Å²) in [7, 11) is 0. The SMILES string of the molecule is CC1CCC(CNC2CC(C)N(C3CC3)C2)C1. The quantitative estimate of drug-likeness (QED) is 0.807. The number of hydrogen-bond acceptors (Lipinski definition) is 2. The van der Waals surface area contributed by atoms with Gasteiger partial charge in [0.2, 0.25) is 0 Å². The summed E-state index contributed by atoms with van der Waals surface area (Å²) in [6.45, 7) is 7.42. The second kappa shape index (κ2) is 4.89. The Kier molecular flexibility index (Phi) is 3.45. The minimum atomic E-state index is 0.779. The van der Waals surface area contributed by atoms with Crippen LogP contribution in [0.4, 0.5) is 0 Å². The first kappa shape index (κ1) is 12.0. The summed E-state index contributed by atoms with van der Waals surface area (Å²) in [4.78, 5) is 2.74. The van der Waals surface area contributed by atoms with Gasteiger partial charge in [-0.05, 0) is 57.4 Å². The topological polar surface area (TPSA) is 15.3 Å². The third-order valence-corrected chi connectivity index (χ3v) is 5.14. The van der Waals surface area contributed by atoms with Crippen molar-refractivity contribution in [1.29, 1.82) is 0 Å². The van der Waals surface area contributed by atoms with Gasteiger partial charge in [0.15, 0.2) is 0 Å². The van der Waals surface area contributed by atoms with Crippen LogP contribution in [0.2, 0.25) is 0 Å². The molecular weight excluding hydrogens is 208 g/mol. The molecule has 1 saturated heterocycles. The molecular formula is C15H28N2. The molecule has 4 atom stereocenters. The first-order chi connectivity index (χ1) is 8.22. The lowest BCUT2D eigenvalue weighted by Crippen LogP contribution is -2.36. The zero-order valence-electron chi connectivity index (χ0n) is 11.5. The standard InChI is InChI=1S/C15H28N2/c1-11-3-4-13(7-11)9-16-14-8-12(2)17(10-14)15-5-6-15/h11-16H,3-10H2,1-2H3. The van der Waals surface area contributed by atoms with Crippen molar-refractivity contribution in [2.75, 3.05) is 13.1 Å². The fraction of sp³-hybridized carbons (Fsp3) is 1.00. The summed E-state index contributed by atoms with van der Waals surface area (Å²) >= 11 is 0. The maximum Gasteiger partial charge on any atom is 0.0210 e. The van der Waals surface area contributed by atoms with Gasteiger partial charge in [0.1, 0.15) is 0 Å². The lowest BCUT2D eigenvalue weighted by molar-refractivity contribution is 0.254. The summed E-state index contributed by atoms with van der Waals surface area (Å²) in [6, 6.07) is 2.55. The molecule has 3 fully saturated rings. The first-order valence-electron chi connectivity index (χ1n) is 7.71. The Morgan fingerprint density at radius 3 is 2.53 bits per heavy atom. The van der Waals surface area contributed by atoms with Crippen LogP contribution < -0.4 is 5.32 Å². The molecule has 1 aliphatic heterocycles. The van der Waals surface area contributed by atoms with E-state index in [2.05, 4.69) is 24.1 Å². The van der Waals surface area contributed by atoms with Crippen LogP contribution >= 0.6 is 0 Å². The number of nitrogens with zero attached hydrogens (tertiary/aromatic N) is 1. The van der Waals surface area contributed by atoms with Crippen molar-refractivity contribution in [2.45, 2.75) is 70.5 Å². The number of hydrogen-bond donors (Lipinski definition) is 1. The molecule has 1 heterocycles. The van der Waals surface area contributed by atoms with Crippen molar-refractivity contribution in [2.24, 2.45) is 11.8 Å². The normalized spacial score (nSPS) is 43.4. The highest BCUT2D eigenvalue weighted by atomic mass is 15.3. The van der Waals surface area contributed by atoms with Gasteiger partial charge in [-0.3, -0.25) is 4.90 Å². The number of rotatable bonds is 4. The van der Waals surface area contributed by atoms with Crippen molar-refractivity contribution in [3.8, 4) is 0 Å². The molecule has 0 aromatic heterocycles. The molecule has 0 bridgehead atoms. The second-order valence-electron chi connectivity index (χ2n) is 6.90. The molecule has 2 saturated carbocycles. The van der Waals surface area contributed by atoms with Crippen LogP contribution in [0.1, 0.15) is 52.4 Å². The van der Waals surface area contributed by atoms with E-state index in [0.29, 0.717) is 0 Å². The summed E-state index contributed by atoms with van der Waals surface area (Å²) < 4.78 is 0. The largest absolute Gasteiger partial charge is 0.312 e. The Labute approximate surface area is 106 Å². The Morgan fingerprint density at radius 2 is 1.88 bits per heavy atom. The predicted octanol–water partition coefficient (Wildman–Crippen LogP) is 2.64. The molecule has 0 aromatic rings. The van der Waals surface area contributed by atoms with Crippen molar-refractivity contribution in [3.63, 3.8) is 0 Å². The average Bonchev–Trinajstić information content (AvgIpc) is 2.95. The number of nitrogens with one attached hydrogen (secondary N) is 1. The molecule has 3 rings (SSSR count). The van der Waals surface area contributed by atoms with Gasteiger partial charge in [-0.2, -0.15) is 0 Å². The highest BCUT2D eigenvalue weighted by molar-refractivity contribution is 4.96. The van der Waals surface area contributed by atoms with Gasteiger partial charge < -0.3 is 5.32 Å². The molecule has 3 aliphatic rings. The number of likely N-dealkylation sites (tertiary alicyclic amines) is 1. The maximum absolute atomic E-state index is 3.85. The van der Waals surface area contributed by atoms with Crippen molar-refractivity contribution < 1.29 is 0 Å². The van der Waals surface area contributed by atoms with Crippen molar-refractivity contribution in [3.05, 3.63) is 0 Å². The van der Waals surface area contributed by atoms with Gasteiger partial charge in [-0.15, -0.1) is 0 Å². The fourth-order valence-electron chi connectivity index (χ4n) is 3.96. The third kappa shape index (κ3) is 2.85. The smallest absolute Gasteiger partial charge is 0.0210 e. The molecule has 0 radical (unpaired) electrons. The highest BCUT2D eigenvalue weighted by Gasteiger charge is 2.38. The fourth-order valence-corrected chi connectivity index (χ4v) is 3.96. The molecule has 0 spiro atoms. The molecule has 98 valence electrons. The van der Waals surface area contributed by atoms with Crippen LogP contribution in [0.15, 0.2) is 0 Å². The van der Waals surface area contributed by atoms with Gasteiger partial charge in [0, 0.05) is 24.7 Å². The van der Waals surface area contributed by atoms with E-state index in [1.165, 1.54) is 51.6 Å². The lowest BCUT2D eigenvalue weighted by atomic mass is 10.1.